The van der Waals surface area contributed by atoms with Gasteiger partial charge in [-0.25, -0.2) is 4.39 Å². The standard InChI is InChI=1S/C12H15ClFNO/c13-9-4-5-12(11(14)7-9)16-8-10-3-1-2-6-15-10/h4-5,7,10,15H,1-3,6,8H2. The first kappa shape index (κ1) is 11.7. The number of hydrogen-bond donors (Lipinski definition) is 1. The van der Waals surface area contributed by atoms with E-state index in [4.69, 9.17) is 16.3 Å². The quantitative estimate of drug-likeness (QED) is 0.881. The highest BCUT2D eigenvalue weighted by Gasteiger charge is 2.14. The van der Waals surface area contributed by atoms with Gasteiger partial charge in [-0.05, 0) is 37.6 Å². The Kier molecular flexibility index (Phi) is 4.02. The number of rotatable bonds is 3. The lowest BCUT2D eigenvalue weighted by atomic mass is 10.1. The van der Waals surface area contributed by atoms with Crippen molar-refractivity contribution in [3.63, 3.8) is 0 Å². The molecule has 2 nitrogen and oxygen atoms in total. The van der Waals surface area contributed by atoms with E-state index in [2.05, 4.69) is 5.32 Å². The van der Waals surface area contributed by atoms with Gasteiger partial charge < -0.3 is 10.1 Å². The lowest BCUT2D eigenvalue weighted by Crippen LogP contribution is -2.38. The van der Waals surface area contributed by atoms with Crippen molar-refractivity contribution in [2.45, 2.75) is 25.3 Å². The van der Waals surface area contributed by atoms with E-state index in [-0.39, 0.29) is 5.75 Å². The summed E-state index contributed by atoms with van der Waals surface area (Å²) in [5.74, 6) is -0.125. The van der Waals surface area contributed by atoms with Gasteiger partial charge in [-0.3, -0.25) is 0 Å². The molecule has 1 aromatic rings. The summed E-state index contributed by atoms with van der Waals surface area (Å²) in [6.45, 7) is 1.54. The first-order valence-electron chi connectivity index (χ1n) is 5.57. The zero-order valence-electron chi connectivity index (χ0n) is 9.01. The molecular weight excluding hydrogens is 229 g/mol. The second-order valence-electron chi connectivity index (χ2n) is 4.03. The number of piperidine rings is 1. The van der Waals surface area contributed by atoms with E-state index in [9.17, 15) is 4.39 Å². The molecule has 0 spiro atoms. The van der Waals surface area contributed by atoms with Gasteiger partial charge in [-0.1, -0.05) is 18.0 Å². The van der Waals surface area contributed by atoms with Gasteiger partial charge in [0, 0.05) is 11.1 Å². The minimum absolute atomic E-state index is 0.275. The third kappa shape index (κ3) is 3.09. The number of hydrogen-bond acceptors (Lipinski definition) is 2. The van der Waals surface area contributed by atoms with E-state index in [1.54, 1.807) is 12.1 Å². The molecule has 0 bridgehead atoms. The van der Waals surface area contributed by atoms with E-state index in [1.165, 1.54) is 18.9 Å². The van der Waals surface area contributed by atoms with Gasteiger partial charge in [0.15, 0.2) is 11.6 Å². The van der Waals surface area contributed by atoms with Crippen LogP contribution in [0, 0.1) is 5.82 Å². The summed E-state index contributed by atoms with van der Waals surface area (Å²) in [7, 11) is 0. The number of nitrogens with one attached hydrogen (secondary N) is 1. The molecule has 1 aliphatic rings. The molecular formula is C12H15ClFNO. The van der Waals surface area contributed by atoms with E-state index in [0.29, 0.717) is 17.7 Å². The third-order valence-electron chi connectivity index (χ3n) is 2.75. The van der Waals surface area contributed by atoms with Gasteiger partial charge >= 0.3 is 0 Å². The van der Waals surface area contributed by atoms with Crippen molar-refractivity contribution < 1.29 is 9.13 Å². The second-order valence-corrected chi connectivity index (χ2v) is 4.47. The molecule has 1 aliphatic heterocycles. The van der Waals surface area contributed by atoms with Crippen LogP contribution in [0.5, 0.6) is 5.75 Å². The molecule has 0 radical (unpaired) electrons. The smallest absolute Gasteiger partial charge is 0.166 e. The van der Waals surface area contributed by atoms with Crippen molar-refractivity contribution in [2.75, 3.05) is 13.2 Å². The molecule has 1 N–H and O–H groups in total. The van der Waals surface area contributed by atoms with E-state index >= 15 is 0 Å². The fraction of sp³-hybridized carbons (Fsp3) is 0.500. The molecule has 2 rings (SSSR count). The number of ether oxygens (including phenoxy) is 1. The molecule has 0 saturated carbocycles. The van der Waals surface area contributed by atoms with Crippen LogP contribution in [0.1, 0.15) is 19.3 Å². The molecule has 88 valence electrons. The van der Waals surface area contributed by atoms with Gasteiger partial charge in [-0.15, -0.1) is 0 Å². The van der Waals surface area contributed by atoms with Gasteiger partial charge in [0.25, 0.3) is 0 Å². The van der Waals surface area contributed by atoms with E-state index in [0.717, 1.165) is 13.0 Å². The molecule has 16 heavy (non-hydrogen) atoms. The lowest BCUT2D eigenvalue weighted by Gasteiger charge is -2.23. The average molecular weight is 244 g/mol. The molecule has 0 aliphatic carbocycles. The fourth-order valence-electron chi connectivity index (χ4n) is 1.85. The molecule has 1 saturated heterocycles. The predicted octanol–water partition coefficient (Wildman–Crippen LogP) is 3.00. The van der Waals surface area contributed by atoms with Gasteiger partial charge in [0.2, 0.25) is 0 Å². The zero-order chi connectivity index (χ0) is 11.4. The Morgan fingerprint density at radius 1 is 1.44 bits per heavy atom. The highest BCUT2D eigenvalue weighted by molar-refractivity contribution is 6.30. The van der Waals surface area contributed by atoms with Gasteiger partial charge in [0.1, 0.15) is 6.61 Å². The molecule has 1 heterocycles. The van der Waals surface area contributed by atoms with Crippen molar-refractivity contribution in [1.82, 2.24) is 5.32 Å². The van der Waals surface area contributed by atoms with Crippen LogP contribution in [0.4, 0.5) is 4.39 Å². The van der Waals surface area contributed by atoms with Crippen LogP contribution < -0.4 is 10.1 Å². The van der Waals surface area contributed by atoms with Crippen LogP contribution in [0.2, 0.25) is 5.02 Å². The summed E-state index contributed by atoms with van der Waals surface area (Å²) >= 11 is 5.66. The largest absolute Gasteiger partial charge is 0.489 e. The summed E-state index contributed by atoms with van der Waals surface area (Å²) in [4.78, 5) is 0. The first-order chi connectivity index (χ1) is 7.75. The Hall–Kier alpha value is -0.800. The molecule has 1 aromatic carbocycles. The van der Waals surface area contributed by atoms with Crippen molar-refractivity contribution in [3.8, 4) is 5.75 Å². The summed E-state index contributed by atoms with van der Waals surface area (Å²) < 4.78 is 18.8. The van der Waals surface area contributed by atoms with Crippen molar-refractivity contribution >= 4 is 11.6 Å². The van der Waals surface area contributed by atoms with E-state index in [1.807, 2.05) is 0 Å². The van der Waals surface area contributed by atoms with Crippen LogP contribution in [-0.2, 0) is 0 Å². The average Bonchev–Trinajstić information content (AvgIpc) is 2.29. The van der Waals surface area contributed by atoms with Crippen molar-refractivity contribution in [2.24, 2.45) is 0 Å². The Bertz CT molecular complexity index is 353. The van der Waals surface area contributed by atoms with Crippen LogP contribution in [0.15, 0.2) is 18.2 Å². The maximum absolute atomic E-state index is 13.4. The molecule has 1 atom stereocenters. The molecule has 1 unspecified atom stereocenters. The van der Waals surface area contributed by atoms with Crippen LogP contribution in [-0.4, -0.2) is 19.2 Å². The summed E-state index contributed by atoms with van der Waals surface area (Å²) in [6, 6.07) is 4.81. The van der Waals surface area contributed by atoms with Crippen LogP contribution >= 0.6 is 11.6 Å². The Balaban J connectivity index is 1.88. The maximum atomic E-state index is 13.4. The molecule has 0 amide bonds. The Morgan fingerprint density at radius 2 is 2.31 bits per heavy atom. The summed E-state index contributed by atoms with van der Waals surface area (Å²) in [6.07, 6.45) is 3.52. The maximum Gasteiger partial charge on any atom is 0.166 e. The lowest BCUT2D eigenvalue weighted by molar-refractivity contribution is 0.231. The summed E-state index contributed by atoms with van der Waals surface area (Å²) in [5.41, 5.74) is 0. The first-order valence-corrected chi connectivity index (χ1v) is 5.95. The second kappa shape index (κ2) is 5.51. The summed E-state index contributed by atoms with van der Waals surface area (Å²) in [5, 5.41) is 3.74. The number of benzene rings is 1. The Labute approximate surface area is 99.7 Å². The van der Waals surface area contributed by atoms with E-state index < -0.39 is 5.82 Å². The van der Waals surface area contributed by atoms with Crippen LogP contribution in [0.3, 0.4) is 0 Å². The fourth-order valence-corrected chi connectivity index (χ4v) is 2.01. The molecule has 0 aromatic heterocycles. The van der Waals surface area contributed by atoms with Crippen LogP contribution in [0.25, 0.3) is 0 Å². The topological polar surface area (TPSA) is 21.3 Å². The monoisotopic (exact) mass is 243 g/mol. The zero-order valence-corrected chi connectivity index (χ0v) is 9.77. The minimum atomic E-state index is -0.400. The molecule has 4 heteroatoms. The van der Waals surface area contributed by atoms with Gasteiger partial charge in [0.05, 0.1) is 0 Å². The highest BCUT2D eigenvalue weighted by Crippen LogP contribution is 2.21. The minimum Gasteiger partial charge on any atom is -0.489 e. The SMILES string of the molecule is Fc1cc(Cl)ccc1OCC1CCCCN1. The molecule has 1 fully saturated rings. The third-order valence-corrected chi connectivity index (χ3v) is 2.98. The van der Waals surface area contributed by atoms with Crippen molar-refractivity contribution in [3.05, 3.63) is 29.0 Å². The van der Waals surface area contributed by atoms with Gasteiger partial charge in [-0.2, -0.15) is 0 Å². The van der Waals surface area contributed by atoms with Crippen molar-refractivity contribution in [1.29, 1.82) is 0 Å². The normalized spacial score (nSPS) is 20.8. The highest BCUT2D eigenvalue weighted by atomic mass is 35.5. The Morgan fingerprint density at radius 3 is 3.00 bits per heavy atom. The number of halogens is 2. The predicted molar refractivity (Wildman–Crippen MR) is 62.5 cm³/mol.